The van der Waals surface area contributed by atoms with E-state index < -0.39 is 6.16 Å². The predicted octanol–water partition coefficient (Wildman–Crippen LogP) is 4.00. The van der Waals surface area contributed by atoms with E-state index in [0.29, 0.717) is 5.92 Å². The van der Waals surface area contributed by atoms with Crippen molar-refractivity contribution in [2.45, 2.75) is 31.8 Å². The summed E-state index contributed by atoms with van der Waals surface area (Å²) in [6, 6.07) is 9.71. The predicted molar refractivity (Wildman–Crippen MR) is 72.3 cm³/mol. The van der Waals surface area contributed by atoms with Crippen LogP contribution in [0.3, 0.4) is 0 Å². The molecule has 0 heterocycles. The average molecular weight is 258 g/mol. The molecule has 100 valence electrons. The molecule has 2 bridgehead atoms. The third-order valence-electron chi connectivity index (χ3n) is 4.15. The van der Waals surface area contributed by atoms with Crippen molar-refractivity contribution in [3.8, 4) is 0 Å². The summed E-state index contributed by atoms with van der Waals surface area (Å²) in [5, 5.41) is 0. The second kappa shape index (κ2) is 5.47. The smallest absolute Gasteiger partial charge is 0.430 e. The van der Waals surface area contributed by atoms with Gasteiger partial charge in [0.05, 0.1) is 6.26 Å². The number of rotatable bonds is 3. The van der Waals surface area contributed by atoms with E-state index in [-0.39, 0.29) is 6.10 Å². The van der Waals surface area contributed by atoms with E-state index in [1.54, 1.807) is 6.08 Å². The van der Waals surface area contributed by atoms with Crippen LogP contribution >= 0.6 is 0 Å². The molecule has 0 N–H and O–H groups in total. The van der Waals surface area contributed by atoms with E-state index in [0.717, 1.165) is 17.9 Å². The van der Waals surface area contributed by atoms with Crippen molar-refractivity contribution in [3.63, 3.8) is 0 Å². The van der Waals surface area contributed by atoms with Gasteiger partial charge < -0.3 is 9.47 Å². The van der Waals surface area contributed by atoms with Crippen LogP contribution < -0.4 is 0 Å². The molecule has 2 fully saturated rings. The first-order chi connectivity index (χ1) is 9.31. The molecule has 0 amide bonds. The zero-order valence-corrected chi connectivity index (χ0v) is 10.8. The Morgan fingerprint density at radius 1 is 1.16 bits per heavy atom. The number of carbonyl (C=O) groups excluding carboxylic acids is 1. The normalized spacial score (nSPS) is 28.7. The van der Waals surface area contributed by atoms with Crippen molar-refractivity contribution in [2.24, 2.45) is 11.8 Å². The van der Waals surface area contributed by atoms with Crippen LogP contribution in [0.4, 0.5) is 4.79 Å². The highest BCUT2D eigenvalue weighted by Crippen LogP contribution is 2.45. The van der Waals surface area contributed by atoms with Crippen LogP contribution in [-0.4, -0.2) is 12.3 Å². The number of ether oxygens (including phenoxy) is 2. The molecule has 1 aromatic carbocycles. The third-order valence-corrected chi connectivity index (χ3v) is 4.15. The molecule has 0 aromatic heterocycles. The maximum Gasteiger partial charge on any atom is 0.513 e. The van der Waals surface area contributed by atoms with Crippen molar-refractivity contribution >= 4 is 12.2 Å². The van der Waals surface area contributed by atoms with Crippen molar-refractivity contribution in [1.29, 1.82) is 0 Å². The SMILES string of the molecule is O=C(OC=Cc1ccccc1)OC1CC2CCC1C2. The highest BCUT2D eigenvalue weighted by atomic mass is 16.7. The van der Waals surface area contributed by atoms with Crippen molar-refractivity contribution < 1.29 is 14.3 Å². The third kappa shape index (κ3) is 2.98. The monoisotopic (exact) mass is 258 g/mol. The summed E-state index contributed by atoms with van der Waals surface area (Å²) < 4.78 is 10.3. The lowest BCUT2D eigenvalue weighted by Crippen LogP contribution is -2.23. The lowest BCUT2D eigenvalue weighted by Gasteiger charge is -2.20. The number of benzene rings is 1. The molecule has 0 spiro atoms. The van der Waals surface area contributed by atoms with Crippen LogP contribution in [0.5, 0.6) is 0 Å². The highest BCUT2D eigenvalue weighted by molar-refractivity contribution is 5.62. The number of fused-ring (bicyclic) bond motifs is 2. The molecule has 0 radical (unpaired) electrons. The van der Waals surface area contributed by atoms with E-state index in [1.807, 2.05) is 30.3 Å². The molecule has 3 atom stereocenters. The van der Waals surface area contributed by atoms with Gasteiger partial charge in [-0.05, 0) is 49.2 Å². The van der Waals surface area contributed by atoms with E-state index >= 15 is 0 Å². The molecule has 3 nitrogen and oxygen atoms in total. The molecule has 2 aliphatic carbocycles. The maximum atomic E-state index is 11.6. The zero-order valence-electron chi connectivity index (χ0n) is 10.8. The standard InChI is InChI=1S/C16H18O3/c17-16(18-9-8-12-4-2-1-3-5-12)19-15-11-13-6-7-14(15)10-13/h1-5,8-9,13-15H,6-7,10-11H2. The van der Waals surface area contributed by atoms with Crippen LogP contribution in [0, 0.1) is 11.8 Å². The summed E-state index contributed by atoms with van der Waals surface area (Å²) >= 11 is 0. The molecular weight excluding hydrogens is 240 g/mol. The van der Waals surface area contributed by atoms with Gasteiger partial charge in [-0.3, -0.25) is 0 Å². The van der Waals surface area contributed by atoms with Crippen LogP contribution in [0.25, 0.3) is 6.08 Å². The van der Waals surface area contributed by atoms with Gasteiger partial charge in [0.1, 0.15) is 6.10 Å². The van der Waals surface area contributed by atoms with E-state index in [4.69, 9.17) is 9.47 Å². The Bertz CT molecular complexity index is 466. The Balaban J connectivity index is 1.46. The lowest BCUT2D eigenvalue weighted by atomic mass is 9.98. The fraction of sp³-hybridized carbons (Fsp3) is 0.438. The maximum absolute atomic E-state index is 11.6. The Labute approximate surface area is 113 Å². The second-order valence-corrected chi connectivity index (χ2v) is 5.41. The van der Waals surface area contributed by atoms with Crippen LogP contribution in [0.1, 0.15) is 31.2 Å². The topological polar surface area (TPSA) is 35.5 Å². The fourth-order valence-corrected chi connectivity index (χ4v) is 3.21. The van der Waals surface area contributed by atoms with E-state index in [1.165, 1.54) is 25.5 Å². The quantitative estimate of drug-likeness (QED) is 0.607. The largest absolute Gasteiger partial charge is 0.513 e. The Hall–Kier alpha value is -1.77. The molecule has 0 saturated heterocycles. The first-order valence-electron chi connectivity index (χ1n) is 6.90. The minimum atomic E-state index is -0.579. The van der Waals surface area contributed by atoms with Gasteiger partial charge in [-0.25, -0.2) is 4.79 Å². The number of hydrogen-bond acceptors (Lipinski definition) is 3. The lowest BCUT2D eigenvalue weighted by molar-refractivity contribution is 0.0238. The molecule has 3 rings (SSSR count). The van der Waals surface area contributed by atoms with Gasteiger partial charge in [-0.1, -0.05) is 30.3 Å². The van der Waals surface area contributed by atoms with Gasteiger partial charge in [-0.2, -0.15) is 0 Å². The van der Waals surface area contributed by atoms with Gasteiger partial charge in [0.2, 0.25) is 0 Å². The van der Waals surface area contributed by atoms with Crippen molar-refractivity contribution in [2.75, 3.05) is 0 Å². The first-order valence-corrected chi connectivity index (χ1v) is 6.90. The molecule has 1 aromatic rings. The van der Waals surface area contributed by atoms with Gasteiger partial charge in [0.15, 0.2) is 0 Å². The zero-order chi connectivity index (χ0) is 13.1. The van der Waals surface area contributed by atoms with Crippen molar-refractivity contribution in [1.82, 2.24) is 0 Å². The summed E-state index contributed by atoms with van der Waals surface area (Å²) in [5.41, 5.74) is 0.996. The molecule has 0 aliphatic heterocycles. The number of carbonyl (C=O) groups is 1. The molecular formula is C16H18O3. The summed E-state index contributed by atoms with van der Waals surface area (Å²) in [7, 11) is 0. The Kier molecular flexibility index (Phi) is 3.53. The van der Waals surface area contributed by atoms with Gasteiger partial charge in [0, 0.05) is 0 Å². The minimum Gasteiger partial charge on any atom is -0.430 e. The summed E-state index contributed by atoms with van der Waals surface area (Å²) in [5.74, 6) is 1.33. The van der Waals surface area contributed by atoms with Gasteiger partial charge in [-0.15, -0.1) is 0 Å². The first kappa shape index (κ1) is 12.3. The average Bonchev–Trinajstić information content (AvgIpc) is 3.02. The van der Waals surface area contributed by atoms with Crippen LogP contribution in [0.15, 0.2) is 36.6 Å². The highest BCUT2D eigenvalue weighted by Gasteiger charge is 2.41. The Morgan fingerprint density at radius 3 is 2.68 bits per heavy atom. The summed E-state index contributed by atoms with van der Waals surface area (Å²) in [4.78, 5) is 11.6. The van der Waals surface area contributed by atoms with Gasteiger partial charge in [0.25, 0.3) is 0 Å². The van der Waals surface area contributed by atoms with E-state index in [2.05, 4.69) is 0 Å². The van der Waals surface area contributed by atoms with Crippen LogP contribution in [0.2, 0.25) is 0 Å². The molecule has 3 unspecified atom stereocenters. The molecule has 19 heavy (non-hydrogen) atoms. The molecule has 2 saturated carbocycles. The van der Waals surface area contributed by atoms with Crippen molar-refractivity contribution in [3.05, 3.63) is 42.2 Å². The summed E-state index contributed by atoms with van der Waals surface area (Å²) in [6.07, 6.45) is 7.38. The minimum absolute atomic E-state index is 0.0800. The summed E-state index contributed by atoms with van der Waals surface area (Å²) in [6.45, 7) is 0. The molecule has 3 heteroatoms. The van der Waals surface area contributed by atoms with Gasteiger partial charge >= 0.3 is 6.16 Å². The second-order valence-electron chi connectivity index (χ2n) is 5.41. The van der Waals surface area contributed by atoms with Crippen LogP contribution in [-0.2, 0) is 9.47 Å². The fourth-order valence-electron chi connectivity index (χ4n) is 3.21. The molecule has 2 aliphatic rings. The van der Waals surface area contributed by atoms with E-state index in [9.17, 15) is 4.79 Å². The Morgan fingerprint density at radius 2 is 2.00 bits per heavy atom. The number of hydrogen-bond donors (Lipinski definition) is 0.